The molecule has 0 saturated heterocycles. The van der Waals surface area contributed by atoms with E-state index in [1.807, 2.05) is 31.2 Å². The van der Waals surface area contributed by atoms with Crippen LogP contribution in [0, 0.1) is 12.7 Å². The van der Waals surface area contributed by atoms with Gasteiger partial charge in [0.1, 0.15) is 18.2 Å². The van der Waals surface area contributed by atoms with Crippen molar-refractivity contribution in [3.8, 4) is 17.3 Å². The predicted molar refractivity (Wildman–Crippen MR) is 90.4 cm³/mol. The van der Waals surface area contributed by atoms with Crippen molar-refractivity contribution in [1.82, 2.24) is 25.1 Å². The van der Waals surface area contributed by atoms with Crippen molar-refractivity contribution in [3.63, 3.8) is 0 Å². The quantitative estimate of drug-likeness (QED) is 0.618. The Labute approximate surface area is 142 Å². The van der Waals surface area contributed by atoms with Crippen molar-refractivity contribution >= 4 is 10.9 Å². The van der Waals surface area contributed by atoms with Crippen molar-refractivity contribution in [2.45, 2.75) is 13.5 Å². The molecular formula is C18H14FN5O. The van der Waals surface area contributed by atoms with Gasteiger partial charge in [0.25, 0.3) is 0 Å². The number of nitrogens with zero attached hydrogens (tertiary/aromatic N) is 4. The van der Waals surface area contributed by atoms with E-state index in [0.29, 0.717) is 23.4 Å². The Morgan fingerprint density at radius 1 is 1.00 bits per heavy atom. The van der Waals surface area contributed by atoms with Gasteiger partial charge in [-0.1, -0.05) is 12.1 Å². The van der Waals surface area contributed by atoms with Crippen molar-refractivity contribution in [1.29, 1.82) is 0 Å². The second-order valence-electron chi connectivity index (χ2n) is 5.49. The van der Waals surface area contributed by atoms with Gasteiger partial charge in [-0.25, -0.2) is 14.4 Å². The summed E-state index contributed by atoms with van der Waals surface area (Å²) in [6.45, 7) is 2.01. The van der Waals surface area contributed by atoms with Crippen LogP contribution in [-0.4, -0.2) is 25.1 Å². The Balaban J connectivity index is 1.55. The lowest BCUT2D eigenvalue weighted by Crippen LogP contribution is -2.02. The van der Waals surface area contributed by atoms with Gasteiger partial charge in [-0.2, -0.15) is 10.1 Å². The molecule has 0 spiro atoms. The van der Waals surface area contributed by atoms with E-state index in [9.17, 15) is 4.39 Å². The Hall–Kier alpha value is -3.35. The highest BCUT2D eigenvalue weighted by Gasteiger charge is 2.10. The zero-order valence-corrected chi connectivity index (χ0v) is 13.4. The number of aromatic nitrogens is 5. The summed E-state index contributed by atoms with van der Waals surface area (Å²) in [5, 5.41) is 7.80. The fraction of sp³-hybridized carbons (Fsp3) is 0.111. The number of nitrogens with one attached hydrogen (secondary N) is 1. The van der Waals surface area contributed by atoms with Gasteiger partial charge in [0, 0.05) is 5.56 Å². The minimum Gasteiger partial charge on any atom is -0.469 e. The van der Waals surface area contributed by atoms with Crippen molar-refractivity contribution in [3.05, 3.63) is 66.0 Å². The molecule has 1 N–H and O–H groups in total. The molecule has 4 rings (SSSR count). The van der Waals surface area contributed by atoms with E-state index in [0.717, 1.165) is 16.5 Å². The largest absolute Gasteiger partial charge is 0.469 e. The van der Waals surface area contributed by atoms with Gasteiger partial charge in [-0.3, -0.25) is 5.10 Å². The number of H-pyrrole nitrogens is 1. The number of aromatic amines is 1. The molecule has 124 valence electrons. The number of ether oxygens (including phenoxy) is 1. The van der Waals surface area contributed by atoms with Crippen LogP contribution in [0.15, 0.2) is 48.5 Å². The molecular weight excluding hydrogens is 321 g/mol. The molecule has 2 aromatic heterocycles. The van der Waals surface area contributed by atoms with Gasteiger partial charge in [0.05, 0.1) is 10.9 Å². The van der Waals surface area contributed by atoms with Crippen LogP contribution in [0.3, 0.4) is 0 Å². The first kappa shape index (κ1) is 15.2. The van der Waals surface area contributed by atoms with Gasteiger partial charge >= 0.3 is 0 Å². The van der Waals surface area contributed by atoms with Gasteiger partial charge < -0.3 is 4.74 Å². The second-order valence-corrected chi connectivity index (χ2v) is 5.49. The standard InChI is InChI=1S/C18H14FN5O/c1-11-20-15-5-3-2-4-14(15)18(21-11)25-10-16-22-17(24-23-16)12-6-8-13(19)9-7-12/h2-9H,10H2,1H3,(H,22,23,24). The van der Waals surface area contributed by atoms with Crippen LogP contribution in [0.5, 0.6) is 5.88 Å². The van der Waals surface area contributed by atoms with Crippen LogP contribution in [-0.2, 0) is 6.61 Å². The minimum absolute atomic E-state index is 0.189. The monoisotopic (exact) mass is 335 g/mol. The molecule has 25 heavy (non-hydrogen) atoms. The number of aryl methyl sites for hydroxylation is 1. The maximum absolute atomic E-state index is 13.0. The Kier molecular flexibility index (Phi) is 3.81. The van der Waals surface area contributed by atoms with Gasteiger partial charge in [-0.15, -0.1) is 0 Å². The Morgan fingerprint density at radius 2 is 1.80 bits per heavy atom. The molecule has 0 fully saturated rings. The van der Waals surface area contributed by atoms with E-state index in [1.54, 1.807) is 12.1 Å². The van der Waals surface area contributed by atoms with Crippen LogP contribution in [0.25, 0.3) is 22.3 Å². The highest BCUT2D eigenvalue weighted by molar-refractivity contribution is 5.83. The van der Waals surface area contributed by atoms with E-state index in [-0.39, 0.29) is 12.4 Å². The third-order valence-electron chi connectivity index (χ3n) is 3.66. The lowest BCUT2D eigenvalue weighted by molar-refractivity contribution is 0.287. The summed E-state index contributed by atoms with van der Waals surface area (Å²) in [7, 11) is 0. The summed E-state index contributed by atoms with van der Waals surface area (Å²) < 4.78 is 18.8. The molecule has 0 unspecified atom stereocenters. The number of hydrogen-bond acceptors (Lipinski definition) is 5. The molecule has 4 aromatic rings. The first-order valence-electron chi connectivity index (χ1n) is 7.72. The van der Waals surface area contributed by atoms with Crippen molar-refractivity contribution in [2.24, 2.45) is 0 Å². The lowest BCUT2D eigenvalue weighted by atomic mass is 10.2. The number of para-hydroxylation sites is 1. The van der Waals surface area contributed by atoms with E-state index in [1.165, 1.54) is 12.1 Å². The predicted octanol–water partition coefficient (Wildman–Crippen LogP) is 3.44. The smallest absolute Gasteiger partial charge is 0.225 e. The average molecular weight is 335 g/mol. The van der Waals surface area contributed by atoms with Gasteiger partial charge in [0.15, 0.2) is 11.6 Å². The highest BCUT2D eigenvalue weighted by Crippen LogP contribution is 2.23. The van der Waals surface area contributed by atoms with Crippen molar-refractivity contribution in [2.75, 3.05) is 0 Å². The zero-order chi connectivity index (χ0) is 17.2. The molecule has 0 bridgehead atoms. The summed E-state index contributed by atoms with van der Waals surface area (Å²) in [6.07, 6.45) is 0. The molecule has 0 aliphatic heterocycles. The van der Waals surface area contributed by atoms with Crippen molar-refractivity contribution < 1.29 is 9.13 Å². The number of halogens is 1. The third-order valence-corrected chi connectivity index (χ3v) is 3.66. The van der Waals surface area contributed by atoms with Gasteiger partial charge in [0.2, 0.25) is 5.88 Å². The third kappa shape index (κ3) is 3.16. The summed E-state index contributed by atoms with van der Waals surface area (Å²) in [6, 6.07) is 13.7. The van der Waals surface area contributed by atoms with E-state index in [2.05, 4.69) is 25.1 Å². The van der Waals surface area contributed by atoms with Gasteiger partial charge in [-0.05, 0) is 43.3 Å². The number of rotatable bonds is 4. The van der Waals surface area contributed by atoms with E-state index >= 15 is 0 Å². The maximum Gasteiger partial charge on any atom is 0.225 e. The molecule has 0 radical (unpaired) electrons. The summed E-state index contributed by atoms with van der Waals surface area (Å²) >= 11 is 0. The fourth-order valence-corrected chi connectivity index (χ4v) is 2.49. The molecule has 2 heterocycles. The molecule has 0 saturated carbocycles. The van der Waals surface area contributed by atoms with E-state index < -0.39 is 0 Å². The van der Waals surface area contributed by atoms with Crippen LogP contribution >= 0.6 is 0 Å². The molecule has 6 nitrogen and oxygen atoms in total. The first-order valence-corrected chi connectivity index (χ1v) is 7.72. The summed E-state index contributed by atoms with van der Waals surface area (Å²) in [4.78, 5) is 13.1. The number of fused-ring (bicyclic) bond motifs is 1. The average Bonchev–Trinajstić information content (AvgIpc) is 3.09. The van der Waals surface area contributed by atoms with Crippen LogP contribution in [0.4, 0.5) is 4.39 Å². The number of benzene rings is 2. The molecule has 0 amide bonds. The Bertz CT molecular complexity index is 1030. The first-order chi connectivity index (χ1) is 12.2. The fourth-order valence-electron chi connectivity index (χ4n) is 2.49. The normalized spacial score (nSPS) is 11.0. The second kappa shape index (κ2) is 6.27. The zero-order valence-electron chi connectivity index (χ0n) is 13.4. The minimum atomic E-state index is -0.297. The van der Waals surface area contributed by atoms with Crippen LogP contribution < -0.4 is 4.74 Å². The summed E-state index contributed by atoms with van der Waals surface area (Å²) in [5.41, 5.74) is 1.56. The summed E-state index contributed by atoms with van der Waals surface area (Å²) in [5.74, 6) is 1.89. The topological polar surface area (TPSA) is 76.6 Å². The molecule has 0 aliphatic carbocycles. The SMILES string of the molecule is Cc1nc(OCc2nc(-c3ccc(F)cc3)n[nH]2)c2ccccc2n1. The Morgan fingerprint density at radius 3 is 2.64 bits per heavy atom. The molecule has 0 atom stereocenters. The van der Waals surface area contributed by atoms with E-state index in [4.69, 9.17) is 4.74 Å². The highest BCUT2D eigenvalue weighted by atomic mass is 19.1. The molecule has 0 aliphatic rings. The molecule has 2 aromatic carbocycles. The lowest BCUT2D eigenvalue weighted by Gasteiger charge is -2.07. The van der Waals surface area contributed by atoms with Crippen LogP contribution in [0.2, 0.25) is 0 Å². The van der Waals surface area contributed by atoms with Crippen LogP contribution in [0.1, 0.15) is 11.6 Å². The number of hydrogen-bond donors (Lipinski definition) is 1. The molecule has 7 heteroatoms. The maximum atomic E-state index is 13.0.